The molecule has 0 aliphatic carbocycles. The number of rotatable bonds is 0. The van der Waals surface area contributed by atoms with Crippen LogP contribution in [-0.2, 0) is 25.2 Å². The molecule has 2 aliphatic rings. The zero-order valence-corrected chi connectivity index (χ0v) is 15.8. The monoisotopic (exact) mass is 446 g/mol. The molecule has 5 rings (SSSR count). The largest absolute Gasteiger partial charge is 0.355 e. The first-order valence-corrected chi connectivity index (χ1v) is 8.14. The number of fused-ring (bicyclic) bond motifs is 8. The summed E-state index contributed by atoms with van der Waals surface area (Å²) in [5.41, 5.74) is 7.86. The molecule has 5 nitrogen and oxygen atoms in total. The van der Waals surface area contributed by atoms with Crippen molar-refractivity contribution in [3.8, 4) is 0 Å². The van der Waals surface area contributed by atoms with Gasteiger partial charge in [0.15, 0.2) is 0 Å². The van der Waals surface area contributed by atoms with Gasteiger partial charge in [-0.3, -0.25) is 0 Å². The van der Waals surface area contributed by atoms with E-state index in [4.69, 9.17) is 4.79 Å². The van der Waals surface area contributed by atoms with E-state index >= 15 is 0 Å². The molecule has 0 saturated carbocycles. The van der Waals surface area contributed by atoms with Crippen molar-refractivity contribution in [1.82, 2.24) is 19.9 Å². The Morgan fingerprint density at radius 2 is 0.815 bits per heavy atom. The smallest absolute Gasteiger partial charge is 0.106 e. The van der Waals surface area contributed by atoms with Gasteiger partial charge in [-0.05, 0) is 72.8 Å². The standard InChI is InChI=1S/C20H14N4.CH2O.Pd/c1-2-14-10-16-5-6-18(23-16)12-20-8-7-19(24-20)11-17-4-3-15(22-17)9-13(1)21-14;1-2;/h1-12,21,24H;1H2;. The molecule has 0 spiro atoms. The van der Waals surface area contributed by atoms with Crippen LogP contribution in [0.5, 0.6) is 0 Å². The van der Waals surface area contributed by atoms with Crippen molar-refractivity contribution in [1.29, 1.82) is 0 Å². The van der Waals surface area contributed by atoms with Crippen LogP contribution in [-0.4, -0.2) is 26.7 Å². The number of hydrogen-bond acceptors (Lipinski definition) is 3. The summed E-state index contributed by atoms with van der Waals surface area (Å²) in [6.45, 7) is 2.00. The average Bonchev–Trinajstić information content (AvgIpc) is 3.42. The average molecular weight is 447 g/mol. The molecule has 3 aromatic rings. The van der Waals surface area contributed by atoms with Crippen molar-refractivity contribution in [2.24, 2.45) is 0 Å². The maximum absolute atomic E-state index is 8.00. The summed E-state index contributed by atoms with van der Waals surface area (Å²) in [5, 5.41) is 0. The second kappa shape index (κ2) is 8.09. The molecule has 136 valence electrons. The zero-order chi connectivity index (χ0) is 17.9. The molecule has 6 heteroatoms. The third-order valence-corrected chi connectivity index (χ3v) is 4.04. The molecule has 0 aromatic carbocycles. The summed E-state index contributed by atoms with van der Waals surface area (Å²) in [5.74, 6) is 0. The molecule has 2 N–H and O–H groups in total. The van der Waals surface area contributed by atoms with E-state index in [-0.39, 0.29) is 20.4 Å². The number of nitrogens with zero attached hydrogens (tertiary/aromatic N) is 2. The van der Waals surface area contributed by atoms with E-state index in [1.165, 1.54) is 0 Å². The quantitative estimate of drug-likeness (QED) is 0.345. The third kappa shape index (κ3) is 4.20. The Kier molecular flexibility index (Phi) is 5.61. The van der Waals surface area contributed by atoms with Gasteiger partial charge in [0.1, 0.15) is 6.79 Å². The summed E-state index contributed by atoms with van der Waals surface area (Å²) >= 11 is 0. The Balaban J connectivity index is 0.000000680. The Labute approximate surface area is 169 Å². The molecular weight excluding hydrogens is 431 g/mol. The minimum atomic E-state index is 0. The second-order valence-electron chi connectivity index (χ2n) is 5.91. The van der Waals surface area contributed by atoms with Crippen molar-refractivity contribution < 1.29 is 25.2 Å². The van der Waals surface area contributed by atoms with Gasteiger partial charge in [-0.1, -0.05) is 0 Å². The number of hydrogen-bond donors (Lipinski definition) is 2. The first-order chi connectivity index (χ1) is 12.8. The van der Waals surface area contributed by atoms with Crippen LogP contribution < -0.4 is 0 Å². The van der Waals surface area contributed by atoms with Crippen LogP contribution in [0.1, 0.15) is 22.8 Å². The van der Waals surface area contributed by atoms with Crippen molar-refractivity contribution in [3.63, 3.8) is 0 Å². The first-order valence-electron chi connectivity index (χ1n) is 8.14. The summed E-state index contributed by atoms with van der Waals surface area (Å²) in [7, 11) is 0. The number of H-pyrrole nitrogens is 2. The number of nitrogens with one attached hydrogen (secondary N) is 2. The molecule has 3 aromatic heterocycles. The number of carbonyl (C=O) groups excluding carboxylic acids is 1. The Morgan fingerprint density at radius 3 is 1.07 bits per heavy atom. The third-order valence-electron chi connectivity index (χ3n) is 4.04. The molecule has 0 unspecified atom stereocenters. The molecule has 27 heavy (non-hydrogen) atoms. The van der Waals surface area contributed by atoms with Crippen LogP contribution in [0.3, 0.4) is 0 Å². The van der Waals surface area contributed by atoms with Crippen LogP contribution in [0.25, 0.3) is 46.4 Å². The van der Waals surface area contributed by atoms with Gasteiger partial charge in [0.2, 0.25) is 0 Å². The van der Waals surface area contributed by atoms with Crippen molar-refractivity contribution in [3.05, 3.63) is 71.3 Å². The predicted molar refractivity (Wildman–Crippen MR) is 106 cm³/mol. The summed E-state index contributed by atoms with van der Waals surface area (Å²) in [6.07, 6.45) is 8.09. The van der Waals surface area contributed by atoms with Gasteiger partial charge in [0.05, 0.1) is 22.8 Å². The molecule has 5 heterocycles. The van der Waals surface area contributed by atoms with E-state index in [0.29, 0.717) is 0 Å². The maximum Gasteiger partial charge on any atom is 0.106 e. The van der Waals surface area contributed by atoms with E-state index in [1.54, 1.807) is 0 Å². The van der Waals surface area contributed by atoms with Crippen LogP contribution >= 0.6 is 0 Å². The van der Waals surface area contributed by atoms with Crippen molar-refractivity contribution in [2.75, 3.05) is 0 Å². The molecule has 0 saturated heterocycles. The fourth-order valence-corrected chi connectivity index (χ4v) is 2.94. The summed E-state index contributed by atoms with van der Waals surface area (Å²) in [6, 6.07) is 16.4. The SMILES string of the molecule is C1=Cc2cc3ccc(cc4nc(cc5ccc(cc1n2)[nH]5)C=C4)[nH]3.C=O.[Pd]. The Hall–Kier alpha value is -3.07. The van der Waals surface area contributed by atoms with Gasteiger partial charge < -0.3 is 14.8 Å². The van der Waals surface area contributed by atoms with Gasteiger partial charge in [-0.2, -0.15) is 0 Å². The van der Waals surface area contributed by atoms with Crippen LogP contribution in [0.2, 0.25) is 0 Å². The van der Waals surface area contributed by atoms with Crippen LogP contribution in [0, 0.1) is 0 Å². The zero-order valence-electron chi connectivity index (χ0n) is 14.3. The van der Waals surface area contributed by atoms with Gasteiger partial charge in [-0.25, -0.2) is 9.97 Å². The van der Waals surface area contributed by atoms with Gasteiger partial charge in [0.25, 0.3) is 0 Å². The van der Waals surface area contributed by atoms with E-state index in [1.807, 2.05) is 55.4 Å². The minimum absolute atomic E-state index is 0. The number of aromatic nitrogens is 4. The molecule has 0 amide bonds. The van der Waals surface area contributed by atoms with Crippen LogP contribution in [0.4, 0.5) is 0 Å². The molecule has 2 aliphatic heterocycles. The molecule has 0 fully saturated rings. The predicted octanol–water partition coefficient (Wildman–Crippen LogP) is 4.47. The summed E-state index contributed by atoms with van der Waals surface area (Å²) < 4.78 is 0. The van der Waals surface area contributed by atoms with Gasteiger partial charge in [0, 0.05) is 42.5 Å². The maximum atomic E-state index is 8.00. The summed E-state index contributed by atoms with van der Waals surface area (Å²) in [4.78, 5) is 24.0. The van der Waals surface area contributed by atoms with E-state index in [2.05, 4.69) is 44.2 Å². The minimum Gasteiger partial charge on any atom is -0.355 e. The number of carbonyl (C=O) groups is 1. The molecule has 8 bridgehead atoms. The van der Waals surface area contributed by atoms with Gasteiger partial charge in [-0.15, -0.1) is 0 Å². The van der Waals surface area contributed by atoms with Crippen molar-refractivity contribution in [2.45, 2.75) is 0 Å². The topological polar surface area (TPSA) is 74.4 Å². The molecular formula is C21H16N4OPd. The first kappa shape index (κ1) is 18.7. The normalized spacial score (nSPS) is 11.4. The fraction of sp³-hybridized carbons (Fsp3) is 0. The Morgan fingerprint density at radius 1 is 0.556 bits per heavy atom. The van der Waals surface area contributed by atoms with Gasteiger partial charge >= 0.3 is 0 Å². The molecule has 0 atom stereocenters. The second-order valence-corrected chi connectivity index (χ2v) is 5.91. The van der Waals surface area contributed by atoms with E-state index in [9.17, 15) is 0 Å². The van der Waals surface area contributed by atoms with E-state index < -0.39 is 0 Å². The molecule has 0 radical (unpaired) electrons. The van der Waals surface area contributed by atoms with E-state index in [0.717, 1.165) is 44.8 Å². The fourth-order valence-electron chi connectivity index (χ4n) is 2.94. The van der Waals surface area contributed by atoms with Crippen LogP contribution in [0.15, 0.2) is 48.5 Å². The Bertz CT molecular complexity index is 1010. The van der Waals surface area contributed by atoms with Crippen molar-refractivity contribution >= 4 is 53.2 Å². The number of aromatic amines is 2.